The quantitative estimate of drug-likeness (QED) is 0.257. The van der Waals surface area contributed by atoms with Crippen molar-refractivity contribution < 1.29 is 45.4 Å². The molecule has 2 amide bonds. The van der Waals surface area contributed by atoms with E-state index in [4.69, 9.17) is 10.6 Å². The van der Waals surface area contributed by atoms with Gasteiger partial charge in [-0.1, -0.05) is 11.2 Å². The van der Waals surface area contributed by atoms with Gasteiger partial charge in [0.05, 0.1) is 0 Å². The maximum atomic E-state index is 12.4. The molecule has 3 heterocycles. The first-order valence-electron chi connectivity index (χ1n) is 6.35. The number of carbonyl (C=O) groups excluding carboxylic acids is 2. The van der Waals surface area contributed by atoms with Crippen molar-refractivity contribution in [3.8, 4) is 0 Å². The number of carbonyl (C=O) groups is 2. The van der Waals surface area contributed by atoms with E-state index in [9.17, 15) is 9.59 Å². The van der Waals surface area contributed by atoms with Gasteiger partial charge in [-0.25, -0.2) is 4.98 Å². The normalized spacial score (nSPS) is 22.7. The maximum Gasteiger partial charge on any atom is 1.00 e. The fraction of sp³-hybridized carbons (Fsp3) is 0.333. The number of amides is 2. The first-order valence-corrected chi connectivity index (χ1v) is 8.28. The number of aromatic nitrogens is 1. The van der Waals surface area contributed by atoms with E-state index in [0.717, 1.165) is 5.75 Å². The van der Waals surface area contributed by atoms with Crippen LogP contribution < -0.4 is 40.6 Å². The Morgan fingerprint density at radius 2 is 2.43 bits per heavy atom. The van der Waals surface area contributed by atoms with Crippen LogP contribution in [0.5, 0.6) is 0 Å². The van der Waals surface area contributed by atoms with E-state index in [0.29, 0.717) is 10.8 Å². The van der Waals surface area contributed by atoms with Crippen molar-refractivity contribution in [2.75, 3.05) is 18.6 Å². The summed E-state index contributed by atoms with van der Waals surface area (Å²) in [7, 11) is 1.33. The summed E-state index contributed by atoms with van der Waals surface area (Å²) in [6.45, 7) is 0. The minimum absolute atomic E-state index is 0. The summed E-state index contributed by atoms with van der Waals surface area (Å²) in [5, 5.41) is 8.24. The molecule has 1 unspecified atom stereocenters. The molecule has 0 radical (unpaired) electrons. The van der Waals surface area contributed by atoms with E-state index in [1.165, 1.54) is 18.4 Å². The molecule has 0 spiro atoms. The number of anilines is 1. The van der Waals surface area contributed by atoms with E-state index in [1.807, 2.05) is 6.08 Å². The topological polar surface area (TPSA) is 110 Å². The molecule has 0 aromatic carbocycles. The third-order valence-electron chi connectivity index (χ3n) is 3.16. The van der Waals surface area contributed by atoms with E-state index in [2.05, 4.69) is 15.5 Å². The molecule has 2 aliphatic heterocycles. The average Bonchev–Trinajstić information content (AvgIpc) is 2.95. The van der Waals surface area contributed by atoms with Crippen molar-refractivity contribution in [3.63, 3.8) is 0 Å². The second-order valence-corrected chi connectivity index (χ2v) is 6.54. The predicted octanol–water partition coefficient (Wildman–Crippen LogP) is -2.89. The molecule has 0 bridgehead atoms. The zero-order valence-corrected chi connectivity index (χ0v) is 16.2. The van der Waals surface area contributed by atoms with Gasteiger partial charge in [0.1, 0.15) is 24.2 Å². The number of thiazole rings is 1. The molecule has 3 rings (SSSR count). The van der Waals surface area contributed by atoms with Crippen LogP contribution in [0, 0.1) is 0 Å². The second-order valence-electron chi connectivity index (χ2n) is 4.50. The van der Waals surface area contributed by atoms with Gasteiger partial charge in [0, 0.05) is 17.3 Å². The fourth-order valence-electron chi connectivity index (χ4n) is 2.17. The number of hydrogen-bond donors (Lipinski definition) is 2. The molecule has 2 aliphatic rings. The van der Waals surface area contributed by atoms with Gasteiger partial charge in [-0.2, -0.15) is 0 Å². The minimum atomic E-state index is -0.569. The standard InChI is InChI=1S/C12H13N5O3S2.Na.H/c1-20-16-7(6-5-22-12(13)14-6)9(18)15-8-10(19)17-3-2-4-21-11(8)17;;/h2-3,5,8,11H,4H2,1H3,(H2,13,14)(H,15,18);;/q;+1;-1/b16-7-;;/t8?,11-;;/m1../s1. The third kappa shape index (κ3) is 3.56. The Bertz CT molecular complexity index is 683. The Labute approximate surface area is 164 Å². The van der Waals surface area contributed by atoms with Gasteiger partial charge in [-0.05, 0) is 0 Å². The number of hydrogen-bond acceptors (Lipinski definition) is 8. The van der Waals surface area contributed by atoms with Crippen LogP contribution in [0.1, 0.15) is 7.12 Å². The van der Waals surface area contributed by atoms with Crippen LogP contribution in [0.25, 0.3) is 0 Å². The van der Waals surface area contributed by atoms with E-state index >= 15 is 0 Å². The number of fused-ring (bicyclic) bond motifs is 1. The number of thioether (sulfide) groups is 1. The summed E-state index contributed by atoms with van der Waals surface area (Å²) in [5.74, 6) is 0.152. The molecule has 8 nitrogen and oxygen atoms in total. The van der Waals surface area contributed by atoms with Crippen LogP contribution >= 0.6 is 23.1 Å². The van der Waals surface area contributed by atoms with Gasteiger partial charge in [0.15, 0.2) is 10.8 Å². The number of rotatable bonds is 4. The molecule has 1 fully saturated rings. The van der Waals surface area contributed by atoms with Gasteiger partial charge < -0.3 is 22.2 Å². The summed E-state index contributed by atoms with van der Waals surface area (Å²) in [4.78, 5) is 34.7. The molecule has 0 aliphatic carbocycles. The Balaban J connectivity index is 0.00000144. The van der Waals surface area contributed by atoms with Gasteiger partial charge in [-0.15, -0.1) is 23.1 Å². The Morgan fingerprint density at radius 3 is 3.09 bits per heavy atom. The number of nitrogens with zero attached hydrogens (tertiary/aromatic N) is 3. The molecule has 11 heteroatoms. The minimum Gasteiger partial charge on any atom is -1.00 e. The molecule has 0 saturated carbocycles. The van der Waals surface area contributed by atoms with Crippen molar-refractivity contribution in [2.24, 2.45) is 5.16 Å². The van der Waals surface area contributed by atoms with Crippen LogP contribution in [0.3, 0.4) is 0 Å². The van der Waals surface area contributed by atoms with Crippen molar-refractivity contribution in [1.82, 2.24) is 15.2 Å². The van der Waals surface area contributed by atoms with Crippen molar-refractivity contribution >= 4 is 45.8 Å². The zero-order chi connectivity index (χ0) is 15.7. The Kier molecular flexibility index (Phi) is 6.09. The summed E-state index contributed by atoms with van der Waals surface area (Å²) in [5.41, 5.74) is 5.89. The average molecular weight is 363 g/mol. The SMILES string of the molecule is CO/N=C(\C(=O)NC1C(=O)N2C=CCS[C@H]12)c1csc(N)n1.[H-].[Na+]. The van der Waals surface area contributed by atoms with Crippen molar-refractivity contribution in [3.05, 3.63) is 23.3 Å². The van der Waals surface area contributed by atoms with E-state index in [1.54, 1.807) is 28.2 Å². The third-order valence-corrected chi connectivity index (χ3v) is 5.06. The Hall–Kier alpha value is -1.07. The zero-order valence-electron chi connectivity index (χ0n) is 13.6. The van der Waals surface area contributed by atoms with Gasteiger partial charge >= 0.3 is 29.6 Å². The van der Waals surface area contributed by atoms with Gasteiger partial charge in [0.2, 0.25) is 0 Å². The number of β-lactam (4-membered cyclic amide) rings is 1. The molecular weight excluding hydrogens is 349 g/mol. The molecule has 1 saturated heterocycles. The van der Waals surface area contributed by atoms with E-state index in [-0.39, 0.29) is 48.0 Å². The van der Waals surface area contributed by atoms with Crippen LogP contribution in [-0.2, 0) is 14.4 Å². The van der Waals surface area contributed by atoms with Crippen LogP contribution in [-0.4, -0.2) is 51.7 Å². The molecule has 1 aromatic heterocycles. The van der Waals surface area contributed by atoms with Crippen molar-refractivity contribution in [2.45, 2.75) is 11.4 Å². The number of nitrogen functional groups attached to an aromatic ring is 1. The summed E-state index contributed by atoms with van der Waals surface area (Å²) in [6, 6.07) is -0.569. The predicted molar refractivity (Wildman–Crippen MR) is 85.3 cm³/mol. The van der Waals surface area contributed by atoms with Crippen LogP contribution in [0.2, 0.25) is 0 Å². The van der Waals surface area contributed by atoms with Gasteiger partial charge in [0.25, 0.3) is 11.8 Å². The van der Waals surface area contributed by atoms with Crippen LogP contribution in [0.15, 0.2) is 22.8 Å². The molecule has 1 aromatic rings. The monoisotopic (exact) mass is 363 g/mol. The fourth-order valence-corrected chi connectivity index (χ4v) is 3.82. The first-order chi connectivity index (χ1) is 10.6. The van der Waals surface area contributed by atoms with Crippen LogP contribution in [0.4, 0.5) is 5.13 Å². The van der Waals surface area contributed by atoms with E-state index < -0.39 is 11.9 Å². The van der Waals surface area contributed by atoms with Crippen molar-refractivity contribution in [1.29, 1.82) is 0 Å². The summed E-state index contributed by atoms with van der Waals surface area (Å²) >= 11 is 2.79. The molecule has 118 valence electrons. The molecule has 2 atom stereocenters. The second kappa shape index (κ2) is 7.67. The summed E-state index contributed by atoms with van der Waals surface area (Å²) < 4.78 is 0. The maximum absolute atomic E-state index is 12.4. The summed E-state index contributed by atoms with van der Waals surface area (Å²) in [6.07, 6.45) is 3.66. The first kappa shape index (κ1) is 18.3. The molecule has 23 heavy (non-hydrogen) atoms. The number of nitrogens with two attached hydrogens (primary N) is 1. The number of nitrogens with one attached hydrogen (secondary N) is 1. The molecule has 3 N–H and O–H groups in total. The Morgan fingerprint density at radius 1 is 1.65 bits per heavy atom. The smallest absolute Gasteiger partial charge is 1.00 e. The number of oxime groups is 1. The largest absolute Gasteiger partial charge is 1.00 e. The molecular formula is C12H14N5NaO3S2. The van der Waals surface area contributed by atoms with Gasteiger partial charge in [-0.3, -0.25) is 9.59 Å².